The highest BCUT2D eigenvalue weighted by molar-refractivity contribution is 5.95. The summed E-state index contributed by atoms with van der Waals surface area (Å²) in [5, 5.41) is 0. The molecule has 17 heavy (non-hydrogen) atoms. The van der Waals surface area contributed by atoms with Gasteiger partial charge in [0, 0.05) is 20.3 Å². The molecule has 0 atom stereocenters. The second-order valence-electron chi connectivity index (χ2n) is 3.86. The molecule has 0 bridgehead atoms. The summed E-state index contributed by atoms with van der Waals surface area (Å²) in [7, 11) is 3.64. The van der Waals surface area contributed by atoms with Crippen molar-refractivity contribution in [2.24, 2.45) is 5.73 Å². The molecular formula is C11H12N4O2. The van der Waals surface area contributed by atoms with Crippen LogP contribution in [0.5, 0.6) is 0 Å². The monoisotopic (exact) mass is 232 g/mol. The number of anilines is 1. The number of nitrogens with zero attached hydrogens (tertiary/aromatic N) is 2. The molecule has 0 aliphatic carbocycles. The Balaban J connectivity index is 2.78. The van der Waals surface area contributed by atoms with Crippen LogP contribution in [-0.2, 0) is 0 Å². The predicted molar refractivity (Wildman–Crippen MR) is 65.2 cm³/mol. The summed E-state index contributed by atoms with van der Waals surface area (Å²) in [5.41, 5.74) is 5.36. The fourth-order valence-electron chi connectivity index (χ4n) is 1.51. The van der Waals surface area contributed by atoms with Crippen LogP contribution in [0.2, 0.25) is 0 Å². The van der Waals surface area contributed by atoms with E-state index in [-0.39, 0.29) is 11.1 Å². The number of hydrogen-bond acceptors (Lipinski definition) is 4. The summed E-state index contributed by atoms with van der Waals surface area (Å²) in [4.78, 5) is 31.8. The van der Waals surface area contributed by atoms with Crippen molar-refractivity contribution in [2.45, 2.75) is 0 Å². The number of nitrogens with one attached hydrogen (secondary N) is 1. The van der Waals surface area contributed by atoms with Gasteiger partial charge in [0.05, 0.1) is 5.52 Å². The molecule has 6 nitrogen and oxygen atoms in total. The minimum Gasteiger partial charge on any atom is -0.365 e. The van der Waals surface area contributed by atoms with Gasteiger partial charge in [-0.1, -0.05) is 0 Å². The smallest absolute Gasteiger partial charge is 0.254 e. The van der Waals surface area contributed by atoms with E-state index in [1.807, 2.05) is 14.1 Å². The van der Waals surface area contributed by atoms with Gasteiger partial charge >= 0.3 is 0 Å². The van der Waals surface area contributed by atoms with Gasteiger partial charge in [-0.15, -0.1) is 0 Å². The van der Waals surface area contributed by atoms with Gasteiger partial charge in [-0.25, -0.2) is 4.98 Å². The summed E-state index contributed by atoms with van der Waals surface area (Å²) in [6.07, 6.45) is 1.31. The van der Waals surface area contributed by atoms with Crippen LogP contribution >= 0.6 is 0 Å². The van der Waals surface area contributed by atoms with E-state index in [4.69, 9.17) is 5.73 Å². The van der Waals surface area contributed by atoms with Crippen LogP contribution in [0.15, 0.2) is 23.1 Å². The number of nitrogens with two attached hydrogens (primary N) is 1. The number of amides is 1. The maximum absolute atomic E-state index is 11.9. The summed E-state index contributed by atoms with van der Waals surface area (Å²) >= 11 is 0. The minimum atomic E-state index is -0.759. The molecule has 88 valence electrons. The molecule has 0 saturated heterocycles. The highest BCUT2D eigenvalue weighted by Crippen LogP contribution is 2.12. The highest BCUT2D eigenvalue weighted by atomic mass is 16.2. The molecule has 1 amide bonds. The van der Waals surface area contributed by atoms with Crippen LogP contribution in [0, 0.1) is 0 Å². The average Bonchev–Trinajstić information content (AvgIpc) is 2.28. The first-order valence-corrected chi connectivity index (χ1v) is 5.00. The molecule has 2 aromatic rings. The molecule has 3 N–H and O–H groups in total. The Morgan fingerprint density at radius 1 is 1.41 bits per heavy atom. The quantitative estimate of drug-likeness (QED) is 0.767. The molecule has 0 aromatic carbocycles. The van der Waals surface area contributed by atoms with Crippen molar-refractivity contribution in [1.29, 1.82) is 0 Å². The molecule has 0 aliphatic rings. The lowest BCUT2D eigenvalue weighted by molar-refractivity contribution is 0.0999. The molecule has 0 saturated carbocycles. The van der Waals surface area contributed by atoms with Crippen molar-refractivity contribution in [3.05, 3.63) is 34.1 Å². The first-order chi connectivity index (χ1) is 8.00. The Labute approximate surface area is 97.1 Å². The zero-order chi connectivity index (χ0) is 12.6. The van der Waals surface area contributed by atoms with E-state index in [2.05, 4.69) is 9.97 Å². The summed E-state index contributed by atoms with van der Waals surface area (Å²) in [6.45, 7) is 0. The zero-order valence-corrected chi connectivity index (χ0v) is 9.52. The number of fused-ring (bicyclic) bond motifs is 1. The van der Waals surface area contributed by atoms with Gasteiger partial charge in [-0.2, -0.15) is 0 Å². The van der Waals surface area contributed by atoms with E-state index in [1.54, 1.807) is 17.0 Å². The fourth-order valence-corrected chi connectivity index (χ4v) is 1.51. The number of aromatic amines is 1. The van der Waals surface area contributed by atoms with Crippen LogP contribution in [0.1, 0.15) is 10.4 Å². The number of primary amides is 1. The highest BCUT2D eigenvalue weighted by Gasteiger charge is 2.11. The van der Waals surface area contributed by atoms with Gasteiger partial charge in [0.25, 0.3) is 5.91 Å². The van der Waals surface area contributed by atoms with E-state index in [9.17, 15) is 9.59 Å². The lowest BCUT2D eigenvalue weighted by atomic mass is 10.2. The van der Waals surface area contributed by atoms with Crippen LogP contribution < -0.4 is 16.1 Å². The van der Waals surface area contributed by atoms with Gasteiger partial charge in [0.15, 0.2) is 0 Å². The maximum Gasteiger partial charge on any atom is 0.254 e. The number of rotatable bonds is 2. The van der Waals surface area contributed by atoms with Crippen molar-refractivity contribution in [3.8, 4) is 0 Å². The number of aromatic nitrogens is 2. The summed E-state index contributed by atoms with van der Waals surface area (Å²) < 4.78 is 0. The fraction of sp³-hybridized carbons (Fsp3) is 0.182. The van der Waals surface area contributed by atoms with E-state index < -0.39 is 11.3 Å². The van der Waals surface area contributed by atoms with Gasteiger partial charge in [0.1, 0.15) is 16.9 Å². The normalized spacial score (nSPS) is 10.5. The van der Waals surface area contributed by atoms with Crippen molar-refractivity contribution >= 4 is 22.8 Å². The molecule has 6 heteroatoms. The van der Waals surface area contributed by atoms with E-state index in [0.717, 1.165) is 0 Å². The number of carbonyl (C=O) groups excluding carboxylic acids is 1. The molecule has 0 fully saturated rings. The number of hydrogen-bond donors (Lipinski definition) is 2. The van der Waals surface area contributed by atoms with Crippen molar-refractivity contribution in [2.75, 3.05) is 19.0 Å². The van der Waals surface area contributed by atoms with E-state index >= 15 is 0 Å². The molecular weight excluding hydrogens is 220 g/mol. The Bertz CT molecular complexity index is 645. The molecule has 2 rings (SSSR count). The van der Waals surface area contributed by atoms with Crippen LogP contribution in [0.3, 0.4) is 0 Å². The first kappa shape index (κ1) is 11.1. The molecule has 2 aromatic heterocycles. The lowest BCUT2D eigenvalue weighted by Gasteiger charge is -2.11. The minimum absolute atomic E-state index is 0.0825. The molecule has 0 radical (unpaired) electrons. The largest absolute Gasteiger partial charge is 0.365 e. The Hall–Kier alpha value is -2.37. The Morgan fingerprint density at radius 2 is 2.12 bits per heavy atom. The van der Waals surface area contributed by atoms with Crippen molar-refractivity contribution in [3.63, 3.8) is 0 Å². The van der Waals surface area contributed by atoms with Crippen LogP contribution in [-0.4, -0.2) is 30.0 Å². The predicted octanol–water partition coefficient (Wildman–Crippen LogP) is 0.0880. The van der Waals surface area contributed by atoms with Crippen molar-refractivity contribution in [1.82, 2.24) is 9.97 Å². The van der Waals surface area contributed by atoms with Gasteiger partial charge in [-0.05, 0) is 12.1 Å². The topological polar surface area (TPSA) is 92.1 Å². The second-order valence-corrected chi connectivity index (χ2v) is 3.86. The molecule has 2 heterocycles. The van der Waals surface area contributed by atoms with Gasteiger partial charge in [0.2, 0.25) is 5.43 Å². The van der Waals surface area contributed by atoms with Gasteiger partial charge < -0.3 is 15.6 Å². The number of pyridine rings is 2. The number of carbonyl (C=O) groups is 1. The third kappa shape index (κ3) is 1.84. The number of H-pyrrole nitrogens is 1. The standard InChI is InChI=1S/C11H12N4O2/c1-15(2)8-4-3-7-9(14-8)10(16)6(5-13-7)11(12)17/h3-5H,1-2H3,(H2,12,17)(H,13,16). The summed E-state index contributed by atoms with van der Waals surface area (Å²) in [5.74, 6) is -0.116. The average molecular weight is 232 g/mol. The Kier molecular flexibility index (Phi) is 2.55. The Morgan fingerprint density at radius 3 is 2.71 bits per heavy atom. The third-order valence-electron chi connectivity index (χ3n) is 2.44. The van der Waals surface area contributed by atoms with Crippen LogP contribution in [0.25, 0.3) is 11.0 Å². The second kappa shape index (κ2) is 3.89. The lowest BCUT2D eigenvalue weighted by Crippen LogP contribution is -2.23. The maximum atomic E-state index is 11.9. The zero-order valence-electron chi connectivity index (χ0n) is 9.52. The van der Waals surface area contributed by atoms with Gasteiger partial charge in [-0.3, -0.25) is 9.59 Å². The SMILES string of the molecule is CN(C)c1ccc2[nH]cc(C(N)=O)c(=O)c2n1. The summed E-state index contributed by atoms with van der Waals surface area (Å²) in [6, 6.07) is 3.52. The molecule has 0 aliphatic heterocycles. The third-order valence-corrected chi connectivity index (χ3v) is 2.44. The first-order valence-electron chi connectivity index (χ1n) is 5.00. The molecule has 0 spiro atoms. The molecule has 0 unspecified atom stereocenters. The van der Waals surface area contributed by atoms with Crippen LogP contribution in [0.4, 0.5) is 5.82 Å². The van der Waals surface area contributed by atoms with E-state index in [0.29, 0.717) is 11.3 Å². The van der Waals surface area contributed by atoms with Crippen molar-refractivity contribution < 1.29 is 4.79 Å². The van der Waals surface area contributed by atoms with E-state index in [1.165, 1.54) is 6.20 Å².